The molecule has 3 aromatic carbocycles. The molecule has 4 N–H and O–H groups in total. The second-order valence-electron chi connectivity index (χ2n) is 9.52. The summed E-state index contributed by atoms with van der Waals surface area (Å²) in [5, 5.41) is 16.9. The normalized spacial score (nSPS) is 12.8. The van der Waals surface area contributed by atoms with Crippen LogP contribution in [0.2, 0.25) is 10.0 Å². The molecule has 3 aromatic rings. The van der Waals surface area contributed by atoms with Gasteiger partial charge in [-0.15, -0.1) is 0 Å². The van der Waals surface area contributed by atoms with Gasteiger partial charge in [0.05, 0.1) is 31.8 Å². The Morgan fingerprint density at radius 2 is 1.60 bits per heavy atom. The third kappa shape index (κ3) is 7.62. The topological polar surface area (TPSA) is 150 Å². The van der Waals surface area contributed by atoms with Gasteiger partial charge in [0.1, 0.15) is 6.04 Å². The molecule has 0 aliphatic carbocycles. The van der Waals surface area contributed by atoms with Crippen LogP contribution in [0.1, 0.15) is 31.8 Å². The summed E-state index contributed by atoms with van der Waals surface area (Å²) in [6, 6.07) is 15.3. The second-order valence-corrected chi connectivity index (χ2v) is 10.4. The number of nitrogens with one attached hydrogen (secondary N) is 4. The molecule has 0 saturated carbocycles. The van der Waals surface area contributed by atoms with Crippen LogP contribution in [0.15, 0.2) is 60.7 Å². The number of benzene rings is 3. The van der Waals surface area contributed by atoms with Gasteiger partial charge in [0.15, 0.2) is 17.5 Å². The fourth-order valence-electron chi connectivity index (χ4n) is 4.54. The molecule has 0 fully saturated rings. The van der Waals surface area contributed by atoms with Crippen molar-refractivity contribution in [3.63, 3.8) is 0 Å². The van der Waals surface area contributed by atoms with Crippen molar-refractivity contribution in [1.82, 2.24) is 20.9 Å². The number of carbonyl (C=O) groups is 4. The summed E-state index contributed by atoms with van der Waals surface area (Å²) in [7, 11) is 2.99. The van der Waals surface area contributed by atoms with Crippen LogP contribution < -0.4 is 25.4 Å². The van der Waals surface area contributed by atoms with Crippen molar-refractivity contribution in [1.29, 1.82) is 5.41 Å². The first-order valence-corrected chi connectivity index (χ1v) is 13.9. The zero-order chi connectivity index (χ0) is 31.1. The first kappa shape index (κ1) is 31.3. The fourth-order valence-corrected chi connectivity index (χ4v) is 5.03. The van der Waals surface area contributed by atoms with Crippen molar-refractivity contribution >= 4 is 52.8 Å². The van der Waals surface area contributed by atoms with E-state index in [1.165, 1.54) is 20.3 Å². The number of fused-ring (bicyclic) bond motifs is 1. The SMILES string of the molecule is COc1ccc(CC(=O)NC(=N)N[C@H](Cc2ccc(Cl)cc2Cl)C(=O)NCCN2C(=O)c3ccccc3C2=O)cc1OC. The lowest BCUT2D eigenvalue weighted by atomic mass is 10.1. The van der Waals surface area contributed by atoms with Crippen LogP contribution in [-0.2, 0) is 22.4 Å². The Morgan fingerprint density at radius 3 is 2.23 bits per heavy atom. The summed E-state index contributed by atoms with van der Waals surface area (Å²) in [5.74, 6) is -1.35. The molecule has 0 unspecified atom stereocenters. The van der Waals surface area contributed by atoms with E-state index < -0.39 is 35.6 Å². The number of amides is 4. The minimum Gasteiger partial charge on any atom is -0.493 e. The van der Waals surface area contributed by atoms with Crippen LogP contribution >= 0.6 is 23.2 Å². The Hall–Kier alpha value is -4.61. The van der Waals surface area contributed by atoms with E-state index in [2.05, 4.69) is 16.0 Å². The van der Waals surface area contributed by atoms with Crippen LogP contribution in [0.3, 0.4) is 0 Å². The lowest BCUT2D eigenvalue weighted by Crippen LogP contribution is -2.53. The zero-order valence-corrected chi connectivity index (χ0v) is 24.8. The Kier molecular flexibility index (Phi) is 10.2. The van der Waals surface area contributed by atoms with Crippen LogP contribution in [-0.4, -0.2) is 67.8 Å². The molecule has 0 aromatic heterocycles. The molecule has 4 rings (SSSR count). The molecule has 0 saturated heterocycles. The van der Waals surface area contributed by atoms with Gasteiger partial charge in [-0.1, -0.05) is 47.5 Å². The molecule has 1 atom stereocenters. The van der Waals surface area contributed by atoms with Crippen molar-refractivity contribution in [2.75, 3.05) is 27.3 Å². The predicted octanol–water partition coefficient (Wildman–Crippen LogP) is 3.22. The number of ether oxygens (including phenoxy) is 2. The number of halogens is 2. The summed E-state index contributed by atoms with van der Waals surface area (Å²) in [5.41, 5.74) is 1.82. The minimum absolute atomic E-state index is 0.0319. The molecule has 1 aliphatic heterocycles. The van der Waals surface area contributed by atoms with Crippen LogP contribution in [0, 0.1) is 5.41 Å². The van der Waals surface area contributed by atoms with Gasteiger partial charge in [-0.3, -0.25) is 34.8 Å². The van der Waals surface area contributed by atoms with Gasteiger partial charge in [-0.2, -0.15) is 0 Å². The molecule has 4 amide bonds. The van der Waals surface area contributed by atoms with Gasteiger partial charge in [-0.05, 0) is 47.5 Å². The molecule has 0 spiro atoms. The van der Waals surface area contributed by atoms with Crippen molar-refractivity contribution in [3.8, 4) is 11.5 Å². The summed E-state index contributed by atoms with van der Waals surface area (Å²) < 4.78 is 10.5. The largest absolute Gasteiger partial charge is 0.493 e. The minimum atomic E-state index is -1.05. The number of rotatable bonds is 11. The predicted molar refractivity (Wildman–Crippen MR) is 161 cm³/mol. The van der Waals surface area contributed by atoms with E-state index >= 15 is 0 Å². The van der Waals surface area contributed by atoms with E-state index in [-0.39, 0.29) is 25.9 Å². The van der Waals surface area contributed by atoms with Gasteiger partial charge in [0.2, 0.25) is 11.8 Å². The number of hydrogen-bond acceptors (Lipinski definition) is 7. The second kappa shape index (κ2) is 14.0. The first-order chi connectivity index (χ1) is 20.6. The molecular formula is C30H29Cl2N5O6. The molecular weight excluding hydrogens is 597 g/mol. The van der Waals surface area contributed by atoms with Crippen molar-refractivity contribution in [3.05, 3.63) is 93.0 Å². The Labute approximate surface area is 257 Å². The number of carbonyl (C=O) groups excluding carboxylic acids is 4. The third-order valence-corrected chi connectivity index (χ3v) is 7.25. The average molecular weight is 626 g/mol. The van der Waals surface area contributed by atoms with Crippen LogP contribution in [0.4, 0.5) is 0 Å². The molecule has 0 radical (unpaired) electrons. The highest BCUT2D eigenvalue weighted by Gasteiger charge is 2.34. The third-order valence-electron chi connectivity index (χ3n) is 6.66. The van der Waals surface area contributed by atoms with Crippen molar-refractivity contribution in [2.24, 2.45) is 0 Å². The van der Waals surface area contributed by atoms with E-state index in [1.807, 2.05) is 0 Å². The van der Waals surface area contributed by atoms with Gasteiger partial charge in [0, 0.05) is 29.6 Å². The van der Waals surface area contributed by atoms with E-state index in [1.54, 1.807) is 54.6 Å². The quantitative estimate of drug-likeness (QED) is 0.145. The molecule has 11 nitrogen and oxygen atoms in total. The van der Waals surface area contributed by atoms with Gasteiger partial charge in [-0.25, -0.2) is 0 Å². The summed E-state index contributed by atoms with van der Waals surface area (Å²) in [4.78, 5) is 52.3. The maximum absolute atomic E-state index is 13.3. The van der Waals surface area contributed by atoms with Gasteiger partial charge in [0.25, 0.3) is 11.8 Å². The Balaban J connectivity index is 1.39. The first-order valence-electron chi connectivity index (χ1n) is 13.1. The van der Waals surface area contributed by atoms with Crippen LogP contribution in [0.25, 0.3) is 0 Å². The summed E-state index contributed by atoms with van der Waals surface area (Å²) in [6.45, 7) is -0.0815. The number of guanidine groups is 1. The summed E-state index contributed by atoms with van der Waals surface area (Å²) in [6.07, 6.45) is -0.0205. The molecule has 0 bridgehead atoms. The van der Waals surface area contributed by atoms with E-state index in [0.717, 1.165) is 4.90 Å². The number of methoxy groups -OCH3 is 2. The molecule has 13 heteroatoms. The Morgan fingerprint density at radius 1 is 0.930 bits per heavy atom. The van der Waals surface area contributed by atoms with Gasteiger partial charge >= 0.3 is 0 Å². The maximum Gasteiger partial charge on any atom is 0.261 e. The molecule has 1 heterocycles. The Bertz CT molecular complexity index is 1550. The highest BCUT2D eigenvalue weighted by Crippen LogP contribution is 2.28. The lowest BCUT2D eigenvalue weighted by Gasteiger charge is -2.22. The molecule has 43 heavy (non-hydrogen) atoms. The highest BCUT2D eigenvalue weighted by atomic mass is 35.5. The highest BCUT2D eigenvalue weighted by molar-refractivity contribution is 6.35. The zero-order valence-electron chi connectivity index (χ0n) is 23.3. The standard InChI is InChI=1S/C30H29Cl2N5O6/c1-42-24-10-7-17(13-25(24)43-2)14-26(38)36-30(33)35-23(15-18-8-9-19(31)16-22(18)32)27(39)34-11-12-37-28(40)20-5-3-4-6-21(20)29(37)41/h3-10,13,16,23H,11-12,14-15H2,1-2H3,(H,34,39)(H3,33,35,36,38)/t23-/m1/s1. The average Bonchev–Trinajstić information content (AvgIpc) is 3.22. The smallest absolute Gasteiger partial charge is 0.261 e. The van der Waals surface area contributed by atoms with E-state index in [4.69, 9.17) is 38.1 Å². The summed E-state index contributed by atoms with van der Waals surface area (Å²) >= 11 is 12.3. The van der Waals surface area contributed by atoms with Crippen molar-refractivity contribution < 1.29 is 28.7 Å². The number of nitrogens with zero attached hydrogens (tertiary/aromatic N) is 1. The lowest BCUT2D eigenvalue weighted by molar-refractivity contribution is -0.123. The maximum atomic E-state index is 13.3. The molecule has 1 aliphatic rings. The number of hydrogen-bond donors (Lipinski definition) is 4. The van der Waals surface area contributed by atoms with E-state index in [9.17, 15) is 19.2 Å². The number of imide groups is 1. The van der Waals surface area contributed by atoms with Crippen LogP contribution in [0.5, 0.6) is 11.5 Å². The monoisotopic (exact) mass is 625 g/mol. The molecule has 224 valence electrons. The fraction of sp³-hybridized carbons (Fsp3) is 0.233. The van der Waals surface area contributed by atoms with Gasteiger partial charge < -0.3 is 20.1 Å². The van der Waals surface area contributed by atoms with Crippen molar-refractivity contribution in [2.45, 2.75) is 18.9 Å². The van der Waals surface area contributed by atoms with E-state index in [0.29, 0.717) is 43.8 Å².